The van der Waals surface area contributed by atoms with Gasteiger partial charge in [0.15, 0.2) is 0 Å². The summed E-state index contributed by atoms with van der Waals surface area (Å²) in [5, 5.41) is 14.3. The Hall–Kier alpha value is -1.42. The van der Waals surface area contributed by atoms with Crippen LogP contribution in [0.5, 0.6) is 5.75 Å². The molecule has 0 aliphatic heterocycles. The fourth-order valence-corrected chi connectivity index (χ4v) is 2.28. The maximum absolute atomic E-state index is 9.96. The van der Waals surface area contributed by atoms with Crippen LogP contribution >= 0.6 is 0 Å². The van der Waals surface area contributed by atoms with E-state index in [1.54, 1.807) is 6.07 Å². The monoisotopic (exact) mass is 200 g/mol. The van der Waals surface area contributed by atoms with Crippen LogP contribution < -0.4 is 4.24 Å². The van der Waals surface area contributed by atoms with Gasteiger partial charge in [-0.1, -0.05) is 0 Å². The molecule has 3 aromatic rings. The molecule has 0 fully saturated rings. The Morgan fingerprint density at radius 1 is 0.812 bits per heavy atom. The normalized spacial score (nSPS) is 11.1. The van der Waals surface area contributed by atoms with Gasteiger partial charge in [0.2, 0.25) is 0 Å². The first kappa shape index (κ1) is 9.78. The van der Waals surface area contributed by atoms with E-state index in [-0.39, 0.29) is 0 Å². The molecule has 0 aliphatic rings. The first-order valence-electron chi connectivity index (χ1n) is 5.37. The first-order chi connectivity index (χ1) is 7.77. The second-order valence-corrected chi connectivity index (χ2v) is 4.11. The maximum atomic E-state index is 9.96. The fraction of sp³-hybridized carbons (Fsp3) is 0. The summed E-state index contributed by atoms with van der Waals surface area (Å²) in [6.07, 6.45) is 0. The van der Waals surface area contributed by atoms with Gasteiger partial charge in [-0.2, -0.15) is 0 Å². The van der Waals surface area contributed by atoms with Gasteiger partial charge >= 0.3 is 103 Å². The molecule has 0 aliphatic carbocycles. The SMILES string of the molecule is [Li][c]1cccc2c1ccc1cccc(O)c12. The molecular formula is C14H9LiO. The van der Waals surface area contributed by atoms with Gasteiger partial charge in [0.25, 0.3) is 0 Å². The number of aromatic hydroxyl groups is 1. The molecule has 72 valence electrons. The number of benzene rings is 3. The van der Waals surface area contributed by atoms with E-state index in [2.05, 4.69) is 42.0 Å². The quantitative estimate of drug-likeness (QED) is 0.436. The van der Waals surface area contributed by atoms with Crippen LogP contribution in [0.4, 0.5) is 0 Å². The molecule has 0 bridgehead atoms. The molecule has 1 N–H and O–H groups in total. The van der Waals surface area contributed by atoms with Crippen molar-refractivity contribution in [1.29, 1.82) is 0 Å². The summed E-state index contributed by atoms with van der Waals surface area (Å²) in [5.74, 6) is 0.355. The summed E-state index contributed by atoms with van der Waals surface area (Å²) in [7, 11) is 0. The zero-order valence-electron chi connectivity index (χ0n) is 9.07. The number of phenolic OH excluding ortho intramolecular Hbond substituents is 1. The van der Waals surface area contributed by atoms with Crippen LogP contribution in [0.1, 0.15) is 0 Å². The Morgan fingerprint density at radius 2 is 1.62 bits per heavy atom. The Labute approximate surface area is 103 Å². The zero-order valence-corrected chi connectivity index (χ0v) is 9.07. The van der Waals surface area contributed by atoms with Crippen LogP contribution in [-0.2, 0) is 0 Å². The number of rotatable bonds is 0. The van der Waals surface area contributed by atoms with E-state index in [1.807, 2.05) is 18.2 Å². The molecule has 0 amide bonds. The third-order valence-electron chi connectivity index (χ3n) is 3.10. The van der Waals surface area contributed by atoms with Crippen molar-refractivity contribution in [3.05, 3.63) is 48.5 Å². The molecule has 16 heavy (non-hydrogen) atoms. The Balaban J connectivity index is 2.64. The molecule has 0 aromatic heterocycles. The van der Waals surface area contributed by atoms with Gasteiger partial charge in [-0.25, -0.2) is 0 Å². The molecule has 0 heterocycles. The fourth-order valence-electron chi connectivity index (χ4n) is 2.28. The van der Waals surface area contributed by atoms with Crippen molar-refractivity contribution in [3.63, 3.8) is 0 Å². The van der Waals surface area contributed by atoms with Crippen LogP contribution in [-0.4, -0.2) is 22.8 Å². The van der Waals surface area contributed by atoms with E-state index in [1.165, 1.54) is 9.62 Å². The van der Waals surface area contributed by atoms with E-state index < -0.39 is 0 Å². The van der Waals surface area contributed by atoms with Gasteiger partial charge in [-0.3, -0.25) is 0 Å². The number of fused-ring (bicyclic) bond motifs is 3. The topological polar surface area (TPSA) is 20.2 Å². The Bertz CT molecular complexity index is 689. The first-order valence-corrected chi connectivity index (χ1v) is 5.37. The van der Waals surface area contributed by atoms with Gasteiger partial charge in [0.1, 0.15) is 0 Å². The molecule has 0 saturated carbocycles. The van der Waals surface area contributed by atoms with Crippen molar-refractivity contribution in [2.24, 2.45) is 0 Å². The molecule has 0 unspecified atom stereocenters. The minimum atomic E-state index is 0.355. The number of hydrogen-bond donors (Lipinski definition) is 1. The van der Waals surface area contributed by atoms with Gasteiger partial charge in [-0.15, -0.1) is 0 Å². The second kappa shape index (κ2) is 3.56. The van der Waals surface area contributed by atoms with Crippen LogP contribution in [0.25, 0.3) is 21.5 Å². The molecule has 0 saturated heterocycles. The van der Waals surface area contributed by atoms with Gasteiger partial charge in [-0.05, 0) is 0 Å². The molecule has 0 atom stereocenters. The number of phenols is 1. The summed E-state index contributed by atoms with van der Waals surface area (Å²) in [6, 6.07) is 16.0. The van der Waals surface area contributed by atoms with Crippen LogP contribution in [0.3, 0.4) is 0 Å². The van der Waals surface area contributed by atoms with Crippen LogP contribution in [0.15, 0.2) is 48.5 Å². The van der Waals surface area contributed by atoms with Gasteiger partial charge < -0.3 is 0 Å². The molecule has 2 heteroatoms. The van der Waals surface area contributed by atoms with E-state index in [4.69, 9.17) is 0 Å². The Kier molecular flexibility index (Phi) is 2.17. The zero-order chi connectivity index (χ0) is 11.1. The minimum absolute atomic E-state index is 0.355. The average Bonchev–Trinajstić information content (AvgIpc) is 2.29. The average molecular weight is 200 g/mol. The van der Waals surface area contributed by atoms with Gasteiger partial charge in [0, 0.05) is 0 Å². The van der Waals surface area contributed by atoms with Gasteiger partial charge in [0.05, 0.1) is 0 Å². The molecule has 3 rings (SSSR count). The Morgan fingerprint density at radius 3 is 2.50 bits per heavy atom. The predicted octanol–water partition coefficient (Wildman–Crippen LogP) is 2.49. The molecule has 3 aromatic carbocycles. The second-order valence-electron chi connectivity index (χ2n) is 4.11. The van der Waals surface area contributed by atoms with Crippen molar-refractivity contribution < 1.29 is 5.11 Å². The van der Waals surface area contributed by atoms with Crippen LogP contribution in [0.2, 0.25) is 0 Å². The van der Waals surface area contributed by atoms with E-state index in [0.717, 1.165) is 16.2 Å². The van der Waals surface area contributed by atoms with Crippen molar-refractivity contribution in [3.8, 4) is 5.75 Å². The van der Waals surface area contributed by atoms with Crippen molar-refractivity contribution in [2.45, 2.75) is 0 Å². The molecule has 1 nitrogen and oxygen atoms in total. The van der Waals surface area contributed by atoms with Crippen LogP contribution in [0, 0.1) is 0 Å². The standard InChI is InChI=1S/C14H9O.Li/c15-13-7-3-5-11-9-8-10-4-1-2-6-12(10)14(11)13;/h1-3,5-9,15H;. The van der Waals surface area contributed by atoms with Crippen molar-refractivity contribution in [1.82, 2.24) is 0 Å². The summed E-state index contributed by atoms with van der Waals surface area (Å²) >= 11 is 2.09. The summed E-state index contributed by atoms with van der Waals surface area (Å²) < 4.78 is 1.24. The molecular weight excluding hydrogens is 191 g/mol. The van der Waals surface area contributed by atoms with E-state index in [9.17, 15) is 5.11 Å². The number of hydrogen-bond acceptors (Lipinski definition) is 1. The summed E-state index contributed by atoms with van der Waals surface area (Å²) in [6.45, 7) is 0. The predicted molar refractivity (Wildman–Crippen MR) is 68.5 cm³/mol. The third-order valence-corrected chi connectivity index (χ3v) is 3.10. The van der Waals surface area contributed by atoms with Crippen molar-refractivity contribution >= 4 is 43.5 Å². The third kappa shape index (κ3) is 1.33. The van der Waals surface area contributed by atoms with Crippen molar-refractivity contribution in [2.75, 3.05) is 0 Å². The van der Waals surface area contributed by atoms with E-state index in [0.29, 0.717) is 5.75 Å². The summed E-state index contributed by atoms with van der Waals surface area (Å²) in [4.78, 5) is 0. The summed E-state index contributed by atoms with van der Waals surface area (Å²) in [5.41, 5.74) is 0. The van der Waals surface area contributed by atoms with E-state index >= 15 is 0 Å². The molecule has 0 radical (unpaired) electrons. The molecule has 0 spiro atoms.